The van der Waals surface area contributed by atoms with Crippen molar-refractivity contribution in [2.75, 3.05) is 18.1 Å². The van der Waals surface area contributed by atoms with E-state index >= 15 is 0 Å². The van der Waals surface area contributed by atoms with Crippen LogP contribution in [0.15, 0.2) is 54.9 Å². The molecule has 3 heterocycles. The molecule has 132 valence electrons. The fourth-order valence-corrected chi connectivity index (χ4v) is 2.89. The van der Waals surface area contributed by atoms with Gasteiger partial charge < -0.3 is 18.8 Å². The van der Waals surface area contributed by atoms with Gasteiger partial charge in [-0.2, -0.15) is 0 Å². The van der Waals surface area contributed by atoms with Crippen LogP contribution in [0.3, 0.4) is 0 Å². The number of hydrogen-bond donors (Lipinski definition) is 0. The highest BCUT2D eigenvalue weighted by Gasteiger charge is 2.25. The second kappa shape index (κ2) is 6.87. The minimum Gasteiger partial charge on any atom is -0.482 e. The number of carbonyl (C=O) groups excluding carboxylic acids is 2. The Hall–Kier alpha value is -3.35. The predicted molar refractivity (Wildman–Crippen MR) is 93.9 cm³/mol. The van der Waals surface area contributed by atoms with Gasteiger partial charge in [0.25, 0.3) is 5.91 Å². The summed E-state index contributed by atoms with van der Waals surface area (Å²) in [7, 11) is 0. The van der Waals surface area contributed by atoms with Crippen molar-refractivity contribution in [2.24, 2.45) is 0 Å². The number of hydrogen-bond acceptors (Lipinski definition) is 5. The number of imidazole rings is 1. The van der Waals surface area contributed by atoms with E-state index in [2.05, 4.69) is 4.98 Å². The van der Waals surface area contributed by atoms with Gasteiger partial charge in [0.15, 0.2) is 6.61 Å². The van der Waals surface area contributed by atoms with Crippen LogP contribution >= 0.6 is 0 Å². The third kappa shape index (κ3) is 3.23. The van der Waals surface area contributed by atoms with E-state index in [0.29, 0.717) is 17.1 Å². The number of esters is 1. The van der Waals surface area contributed by atoms with E-state index < -0.39 is 0 Å². The van der Waals surface area contributed by atoms with Gasteiger partial charge in [0.05, 0.1) is 17.8 Å². The van der Waals surface area contributed by atoms with Crippen molar-refractivity contribution in [2.45, 2.75) is 13.0 Å². The Balaban J connectivity index is 1.34. The lowest BCUT2D eigenvalue weighted by Gasteiger charge is -2.28. The molecule has 3 aromatic rings. The first-order chi connectivity index (χ1) is 12.7. The monoisotopic (exact) mass is 351 g/mol. The van der Waals surface area contributed by atoms with Gasteiger partial charge in [-0.15, -0.1) is 0 Å². The van der Waals surface area contributed by atoms with E-state index in [1.54, 1.807) is 17.0 Å². The fourth-order valence-electron chi connectivity index (χ4n) is 2.89. The van der Waals surface area contributed by atoms with Crippen LogP contribution in [-0.2, 0) is 20.9 Å². The number of para-hydroxylation sites is 2. The smallest absolute Gasteiger partial charge is 0.307 e. The second-order valence-electron chi connectivity index (χ2n) is 5.91. The number of anilines is 1. The molecule has 1 aromatic carbocycles. The molecule has 1 aliphatic heterocycles. The maximum Gasteiger partial charge on any atom is 0.307 e. The number of fused-ring (bicyclic) bond motifs is 2. The van der Waals surface area contributed by atoms with Gasteiger partial charge in [0.1, 0.15) is 18.0 Å². The van der Waals surface area contributed by atoms with Crippen LogP contribution in [0.4, 0.5) is 5.69 Å². The van der Waals surface area contributed by atoms with Gasteiger partial charge in [0.2, 0.25) is 0 Å². The van der Waals surface area contributed by atoms with E-state index in [1.807, 2.05) is 47.1 Å². The van der Waals surface area contributed by atoms with Crippen molar-refractivity contribution in [1.82, 2.24) is 9.38 Å². The molecule has 1 amide bonds. The van der Waals surface area contributed by atoms with Crippen LogP contribution in [0.25, 0.3) is 5.65 Å². The Labute approximate surface area is 149 Å². The standard InChI is InChI=1S/C19H17N3O4/c23-18-13-25-16-6-2-1-5-15(16)22(18)10-8-19(24)26-12-14-11-21-9-4-3-7-17(21)20-14/h1-7,9,11H,8,10,12-13H2. The summed E-state index contributed by atoms with van der Waals surface area (Å²) < 4.78 is 12.5. The Bertz CT molecular complexity index is 933. The molecule has 0 atom stereocenters. The molecule has 0 N–H and O–H groups in total. The molecule has 0 radical (unpaired) electrons. The van der Waals surface area contributed by atoms with Gasteiger partial charge in [-0.3, -0.25) is 9.59 Å². The summed E-state index contributed by atoms with van der Waals surface area (Å²) in [6, 6.07) is 13.0. The zero-order valence-electron chi connectivity index (χ0n) is 14.0. The van der Waals surface area contributed by atoms with E-state index in [9.17, 15) is 9.59 Å². The molecule has 0 aliphatic carbocycles. The number of nitrogens with zero attached hydrogens (tertiary/aromatic N) is 3. The van der Waals surface area contributed by atoms with Crippen molar-refractivity contribution in [1.29, 1.82) is 0 Å². The third-order valence-electron chi connectivity index (χ3n) is 4.14. The topological polar surface area (TPSA) is 73.1 Å². The number of rotatable bonds is 5. The van der Waals surface area contributed by atoms with Crippen molar-refractivity contribution < 1.29 is 19.1 Å². The second-order valence-corrected chi connectivity index (χ2v) is 5.91. The molecule has 0 saturated carbocycles. The summed E-state index contributed by atoms with van der Waals surface area (Å²) >= 11 is 0. The first-order valence-electron chi connectivity index (χ1n) is 8.31. The highest BCUT2D eigenvalue weighted by molar-refractivity contribution is 5.98. The quantitative estimate of drug-likeness (QED) is 0.659. The average Bonchev–Trinajstić information content (AvgIpc) is 3.08. The Kier molecular flexibility index (Phi) is 4.27. The molecule has 26 heavy (non-hydrogen) atoms. The SMILES string of the molecule is O=C(CCN1C(=O)COc2ccccc21)OCc1cn2ccccc2n1. The van der Waals surface area contributed by atoms with E-state index in [4.69, 9.17) is 9.47 Å². The highest BCUT2D eigenvalue weighted by Crippen LogP contribution is 2.31. The Morgan fingerprint density at radius 2 is 2.04 bits per heavy atom. The van der Waals surface area contributed by atoms with Crippen molar-refractivity contribution in [3.8, 4) is 5.75 Å². The number of carbonyl (C=O) groups is 2. The Morgan fingerprint density at radius 3 is 2.92 bits per heavy atom. The fraction of sp³-hybridized carbons (Fsp3) is 0.211. The van der Waals surface area contributed by atoms with Crippen molar-refractivity contribution >= 4 is 23.2 Å². The minimum atomic E-state index is -0.376. The van der Waals surface area contributed by atoms with Gasteiger partial charge in [-0.25, -0.2) is 4.98 Å². The molecule has 0 bridgehead atoms. The summed E-state index contributed by atoms with van der Waals surface area (Å²) in [5.74, 6) is 0.0980. The van der Waals surface area contributed by atoms with E-state index in [1.165, 1.54) is 0 Å². The van der Waals surface area contributed by atoms with Crippen LogP contribution in [0.2, 0.25) is 0 Å². The first-order valence-corrected chi connectivity index (χ1v) is 8.31. The van der Waals surface area contributed by atoms with Gasteiger partial charge in [0, 0.05) is 18.9 Å². The molecule has 0 unspecified atom stereocenters. The zero-order valence-corrected chi connectivity index (χ0v) is 14.0. The van der Waals surface area contributed by atoms with E-state index in [0.717, 1.165) is 5.65 Å². The molecule has 7 heteroatoms. The largest absolute Gasteiger partial charge is 0.482 e. The van der Waals surface area contributed by atoms with Gasteiger partial charge in [-0.05, 0) is 24.3 Å². The number of amides is 1. The number of aromatic nitrogens is 2. The maximum absolute atomic E-state index is 12.1. The summed E-state index contributed by atoms with van der Waals surface area (Å²) in [5, 5.41) is 0. The molecule has 0 fully saturated rings. The van der Waals surface area contributed by atoms with Crippen molar-refractivity contribution in [3.63, 3.8) is 0 Å². The summed E-state index contributed by atoms with van der Waals surface area (Å²) in [4.78, 5) is 30.1. The number of pyridine rings is 1. The summed E-state index contributed by atoms with van der Waals surface area (Å²) in [5.41, 5.74) is 2.16. The maximum atomic E-state index is 12.1. The molecular formula is C19H17N3O4. The average molecular weight is 351 g/mol. The van der Waals surface area contributed by atoms with Crippen LogP contribution in [0.1, 0.15) is 12.1 Å². The summed E-state index contributed by atoms with van der Waals surface area (Å²) in [6.07, 6.45) is 3.81. The lowest BCUT2D eigenvalue weighted by atomic mass is 10.2. The summed E-state index contributed by atoms with van der Waals surface area (Å²) in [6.45, 7) is 0.338. The highest BCUT2D eigenvalue weighted by atomic mass is 16.5. The third-order valence-corrected chi connectivity index (χ3v) is 4.14. The molecule has 4 rings (SSSR count). The van der Waals surface area contributed by atoms with Crippen LogP contribution in [0, 0.1) is 0 Å². The lowest BCUT2D eigenvalue weighted by Crippen LogP contribution is -2.40. The normalized spacial score (nSPS) is 13.4. The molecule has 7 nitrogen and oxygen atoms in total. The molecule has 2 aromatic heterocycles. The Morgan fingerprint density at radius 1 is 1.19 bits per heavy atom. The molecule has 1 aliphatic rings. The minimum absolute atomic E-state index is 0.0205. The van der Waals surface area contributed by atoms with Crippen molar-refractivity contribution in [3.05, 3.63) is 60.6 Å². The lowest BCUT2D eigenvalue weighted by molar-refractivity contribution is -0.144. The van der Waals surface area contributed by atoms with Gasteiger partial charge >= 0.3 is 5.97 Å². The van der Waals surface area contributed by atoms with E-state index in [-0.39, 0.29) is 38.1 Å². The zero-order chi connectivity index (χ0) is 17.9. The predicted octanol–water partition coefficient (Wildman–Crippen LogP) is 2.19. The molecule has 0 spiro atoms. The first kappa shape index (κ1) is 16.1. The molecule has 0 saturated heterocycles. The van der Waals surface area contributed by atoms with Crippen LogP contribution in [-0.4, -0.2) is 34.4 Å². The number of ether oxygens (including phenoxy) is 2. The van der Waals surface area contributed by atoms with Crippen LogP contribution in [0.5, 0.6) is 5.75 Å². The van der Waals surface area contributed by atoms with Crippen LogP contribution < -0.4 is 9.64 Å². The molecular weight excluding hydrogens is 334 g/mol. The number of benzene rings is 1. The van der Waals surface area contributed by atoms with Gasteiger partial charge in [-0.1, -0.05) is 18.2 Å².